The number of rotatable bonds is 4. The van der Waals surface area contributed by atoms with Gasteiger partial charge in [0.2, 0.25) is 0 Å². The smallest absolute Gasteiger partial charge is 0.169 e. The summed E-state index contributed by atoms with van der Waals surface area (Å²) >= 11 is 3.26. The van der Waals surface area contributed by atoms with Gasteiger partial charge in [-0.1, -0.05) is 0 Å². The van der Waals surface area contributed by atoms with Gasteiger partial charge in [0, 0.05) is 18.8 Å². The molecule has 90 valence electrons. The quantitative estimate of drug-likeness (QED) is 0.885. The van der Waals surface area contributed by atoms with Gasteiger partial charge < -0.3 is 19.6 Å². The third-order valence-electron chi connectivity index (χ3n) is 3.02. The van der Waals surface area contributed by atoms with Crippen LogP contribution in [0.25, 0.3) is 0 Å². The summed E-state index contributed by atoms with van der Waals surface area (Å²) in [7, 11) is 0. The van der Waals surface area contributed by atoms with E-state index >= 15 is 0 Å². The minimum atomic E-state index is -0.211. The summed E-state index contributed by atoms with van der Waals surface area (Å²) in [5.74, 6) is 0.867. The molecule has 4 nitrogen and oxygen atoms in total. The van der Waals surface area contributed by atoms with Crippen LogP contribution in [0.3, 0.4) is 0 Å². The Morgan fingerprint density at radius 2 is 2.12 bits per heavy atom. The molecule has 1 aliphatic heterocycles. The van der Waals surface area contributed by atoms with E-state index in [-0.39, 0.29) is 12.1 Å². The van der Waals surface area contributed by atoms with Crippen molar-refractivity contribution in [3.05, 3.63) is 22.6 Å². The number of aliphatic hydroxyl groups is 1. The topological polar surface area (TPSA) is 54.6 Å². The standard InChI is InChI=1S/C11H16BrNO3/c12-10-2-1-9(16-10)7-13-11(8-14)3-5-15-6-4-11/h1-2,13-14H,3-8H2. The lowest BCUT2D eigenvalue weighted by Gasteiger charge is -2.36. The molecule has 0 spiro atoms. The van der Waals surface area contributed by atoms with E-state index in [1.165, 1.54) is 0 Å². The molecule has 1 aliphatic rings. The van der Waals surface area contributed by atoms with Crippen molar-refractivity contribution in [1.29, 1.82) is 0 Å². The molecule has 2 heterocycles. The summed E-state index contributed by atoms with van der Waals surface area (Å²) < 4.78 is 11.4. The fourth-order valence-electron chi connectivity index (χ4n) is 1.87. The van der Waals surface area contributed by atoms with Crippen LogP contribution in [-0.2, 0) is 11.3 Å². The van der Waals surface area contributed by atoms with Crippen LogP contribution in [0.15, 0.2) is 21.2 Å². The molecule has 0 bridgehead atoms. The molecule has 5 heteroatoms. The minimum Gasteiger partial charge on any atom is -0.453 e. The normalized spacial score (nSPS) is 19.9. The Kier molecular flexibility index (Phi) is 4.02. The zero-order chi connectivity index (χ0) is 11.4. The van der Waals surface area contributed by atoms with Gasteiger partial charge in [0.1, 0.15) is 5.76 Å². The third kappa shape index (κ3) is 2.85. The van der Waals surface area contributed by atoms with Crippen molar-refractivity contribution < 1.29 is 14.3 Å². The van der Waals surface area contributed by atoms with Crippen LogP contribution in [0.2, 0.25) is 0 Å². The van der Waals surface area contributed by atoms with Crippen molar-refractivity contribution in [1.82, 2.24) is 5.32 Å². The molecule has 1 saturated heterocycles. The van der Waals surface area contributed by atoms with Gasteiger partial charge in [-0.05, 0) is 40.9 Å². The van der Waals surface area contributed by atoms with E-state index in [1.54, 1.807) is 0 Å². The first kappa shape index (κ1) is 12.1. The van der Waals surface area contributed by atoms with Crippen LogP contribution in [0.4, 0.5) is 0 Å². The SMILES string of the molecule is OCC1(NCc2ccc(Br)o2)CCOCC1. The van der Waals surface area contributed by atoms with Crippen molar-refractivity contribution in [3.63, 3.8) is 0 Å². The molecule has 0 aliphatic carbocycles. The summed E-state index contributed by atoms with van der Waals surface area (Å²) in [6.07, 6.45) is 1.68. The Morgan fingerprint density at radius 1 is 1.38 bits per heavy atom. The van der Waals surface area contributed by atoms with Gasteiger partial charge >= 0.3 is 0 Å². The predicted molar refractivity (Wildman–Crippen MR) is 63.1 cm³/mol. The largest absolute Gasteiger partial charge is 0.453 e. The summed E-state index contributed by atoms with van der Waals surface area (Å²) in [6.45, 7) is 2.18. The maximum Gasteiger partial charge on any atom is 0.169 e. The van der Waals surface area contributed by atoms with Crippen molar-refractivity contribution in [3.8, 4) is 0 Å². The molecule has 2 N–H and O–H groups in total. The number of halogens is 1. The van der Waals surface area contributed by atoms with Gasteiger partial charge in [-0.15, -0.1) is 0 Å². The van der Waals surface area contributed by atoms with Crippen LogP contribution in [-0.4, -0.2) is 30.5 Å². The van der Waals surface area contributed by atoms with Gasteiger partial charge in [-0.2, -0.15) is 0 Å². The molecule has 0 aromatic carbocycles. The van der Waals surface area contributed by atoms with Gasteiger partial charge in [-0.25, -0.2) is 0 Å². The Balaban J connectivity index is 1.91. The highest BCUT2D eigenvalue weighted by molar-refractivity contribution is 9.10. The second-order valence-electron chi connectivity index (χ2n) is 4.11. The minimum absolute atomic E-state index is 0.137. The zero-order valence-corrected chi connectivity index (χ0v) is 10.6. The highest BCUT2D eigenvalue weighted by Gasteiger charge is 2.31. The Bertz CT molecular complexity index is 334. The molecule has 1 fully saturated rings. The Labute approximate surface area is 103 Å². The molecular weight excluding hydrogens is 274 g/mol. The fraction of sp³-hybridized carbons (Fsp3) is 0.636. The second-order valence-corrected chi connectivity index (χ2v) is 4.89. The van der Waals surface area contributed by atoms with Gasteiger partial charge in [0.25, 0.3) is 0 Å². The molecule has 1 aromatic heterocycles. The predicted octanol–water partition coefficient (Wildman–Crippen LogP) is 1.67. The van der Waals surface area contributed by atoms with E-state index in [9.17, 15) is 5.11 Å². The lowest BCUT2D eigenvalue weighted by atomic mass is 9.91. The van der Waals surface area contributed by atoms with Crippen molar-refractivity contribution in [2.45, 2.75) is 24.9 Å². The molecular formula is C11H16BrNO3. The van der Waals surface area contributed by atoms with E-state index in [4.69, 9.17) is 9.15 Å². The van der Waals surface area contributed by atoms with Gasteiger partial charge in [0.05, 0.1) is 13.2 Å². The average molecular weight is 290 g/mol. The number of hydrogen-bond acceptors (Lipinski definition) is 4. The average Bonchev–Trinajstić information content (AvgIpc) is 2.74. The highest BCUT2D eigenvalue weighted by atomic mass is 79.9. The van der Waals surface area contributed by atoms with Gasteiger partial charge in [0.15, 0.2) is 4.67 Å². The first-order valence-electron chi connectivity index (χ1n) is 5.42. The summed E-state index contributed by atoms with van der Waals surface area (Å²) in [6, 6.07) is 3.79. The van der Waals surface area contributed by atoms with Crippen LogP contribution in [0, 0.1) is 0 Å². The van der Waals surface area contributed by atoms with E-state index in [0.717, 1.165) is 23.3 Å². The molecule has 0 unspecified atom stereocenters. The molecule has 0 atom stereocenters. The summed E-state index contributed by atoms with van der Waals surface area (Å²) in [4.78, 5) is 0. The maximum atomic E-state index is 9.47. The fourth-order valence-corrected chi connectivity index (χ4v) is 2.21. The van der Waals surface area contributed by atoms with Crippen molar-refractivity contribution >= 4 is 15.9 Å². The van der Waals surface area contributed by atoms with E-state index in [1.807, 2.05) is 12.1 Å². The monoisotopic (exact) mass is 289 g/mol. The number of nitrogens with one attached hydrogen (secondary N) is 1. The Morgan fingerprint density at radius 3 is 2.69 bits per heavy atom. The van der Waals surface area contributed by atoms with Crippen LogP contribution in [0.5, 0.6) is 0 Å². The van der Waals surface area contributed by atoms with Crippen LogP contribution >= 0.6 is 15.9 Å². The number of furan rings is 1. The molecule has 16 heavy (non-hydrogen) atoms. The zero-order valence-electron chi connectivity index (χ0n) is 9.04. The highest BCUT2D eigenvalue weighted by Crippen LogP contribution is 2.21. The van der Waals surface area contributed by atoms with Crippen LogP contribution in [0.1, 0.15) is 18.6 Å². The maximum absolute atomic E-state index is 9.47. The molecule has 0 amide bonds. The van der Waals surface area contributed by atoms with Crippen LogP contribution < -0.4 is 5.32 Å². The van der Waals surface area contributed by atoms with E-state index in [0.29, 0.717) is 19.8 Å². The lowest BCUT2D eigenvalue weighted by Crippen LogP contribution is -2.51. The van der Waals surface area contributed by atoms with E-state index < -0.39 is 0 Å². The third-order valence-corrected chi connectivity index (χ3v) is 3.45. The molecule has 2 rings (SSSR count). The summed E-state index contributed by atoms with van der Waals surface area (Å²) in [5, 5.41) is 12.8. The Hall–Kier alpha value is -0.360. The van der Waals surface area contributed by atoms with Crippen molar-refractivity contribution in [2.24, 2.45) is 0 Å². The van der Waals surface area contributed by atoms with E-state index in [2.05, 4.69) is 21.2 Å². The molecule has 0 radical (unpaired) electrons. The molecule has 1 aromatic rings. The summed E-state index contributed by atoms with van der Waals surface area (Å²) in [5.41, 5.74) is -0.211. The first-order valence-corrected chi connectivity index (χ1v) is 6.21. The number of aliphatic hydroxyl groups excluding tert-OH is 1. The van der Waals surface area contributed by atoms with Gasteiger partial charge in [-0.3, -0.25) is 0 Å². The van der Waals surface area contributed by atoms with Crippen molar-refractivity contribution in [2.75, 3.05) is 19.8 Å². The lowest BCUT2D eigenvalue weighted by molar-refractivity contribution is 0.0104. The first-order chi connectivity index (χ1) is 7.74. The second kappa shape index (κ2) is 5.31. The molecule has 0 saturated carbocycles. The number of hydrogen-bond donors (Lipinski definition) is 2. The number of ether oxygens (including phenoxy) is 1.